The van der Waals surface area contributed by atoms with Crippen LogP contribution in [0.1, 0.15) is 49.9 Å². The number of rotatable bonds is 6. The van der Waals surface area contributed by atoms with Crippen molar-refractivity contribution in [2.75, 3.05) is 4.90 Å². The number of hydrogen-bond acceptors (Lipinski definition) is 1. The van der Waals surface area contributed by atoms with Crippen molar-refractivity contribution in [2.24, 2.45) is 0 Å². The molecule has 0 spiro atoms. The van der Waals surface area contributed by atoms with Gasteiger partial charge in [-0.15, -0.1) is 0 Å². The Morgan fingerprint density at radius 3 is 1.17 bits per heavy atom. The van der Waals surface area contributed by atoms with E-state index in [9.17, 15) is 0 Å². The number of benzene rings is 9. The van der Waals surface area contributed by atoms with Crippen LogP contribution in [0.15, 0.2) is 200 Å². The fourth-order valence-electron chi connectivity index (χ4n) is 9.97. The van der Waals surface area contributed by atoms with E-state index in [0.29, 0.717) is 0 Å². The molecule has 0 fully saturated rings. The molecule has 0 unspecified atom stereocenters. The molecule has 1 nitrogen and oxygen atoms in total. The van der Waals surface area contributed by atoms with E-state index in [0.717, 1.165) is 5.69 Å². The molecule has 0 atom stereocenters. The van der Waals surface area contributed by atoms with Crippen LogP contribution in [0.4, 0.5) is 17.1 Å². The minimum atomic E-state index is -0.178. The first-order valence-electron chi connectivity index (χ1n) is 20.8. The lowest BCUT2D eigenvalue weighted by Crippen LogP contribution is -2.18. The summed E-state index contributed by atoms with van der Waals surface area (Å²) in [6, 6.07) is 74.2. The number of hydrogen-bond donors (Lipinski definition) is 0. The quantitative estimate of drug-likeness (QED) is 0.163. The Morgan fingerprint density at radius 2 is 0.644 bits per heavy atom. The highest BCUT2D eigenvalue weighted by atomic mass is 15.1. The Hall–Kier alpha value is -6.96. The van der Waals surface area contributed by atoms with Gasteiger partial charge in [-0.05, 0) is 143 Å². The summed E-state index contributed by atoms with van der Waals surface area (Å²) in [6.07, 6.45) is 0. The summed E-state index contributed by atoms with van der Waals surface area (Å²) in [5.74, 6) is 0. The zero-order chi connectivity index (χ0) is 39.9. The van der Waals surface area contributed by atoms with E-state index in [-0.39, 0.29) is 10.8 Å². The largest absolute Gasteiger partial charge is 0.310 e. The molecule has 11 rings (SSSR count). The lowest BCUT2D eigenvalue weighted by molar-refractivity contribution is 0.660. The van der Waals surface area contributed by atoms with Crippen LogP contribution < -0.4 is 4.90 Å². The van der Waals surface area contributed by atoms with E-state index in [1.54, 1.807) is 0 Å². The van der Waals surface area contributed by atoms with Gasteiger partial charge in [-0.1, -0.05) is 173 Å². The van der Waals surface area contributed by atoms with Gasteiger partial charge in [-0.2, -0.15) is 0 Å². The normalized spacial score (nSPS) is 14.0. The van der Waals surface area contributed by atoms with Gasteiger partial charge in [-0.3, -0.25) is 0 Å². The zero-order valence-corrected chi connectivity index (χ0v) is 34.0. The van der Waals surface area contributed by atoms with Crippen molar-refractivity contribution < 1.29 is 0 Å². The summed E-state index contributed by atoms with van der Waals surface area (Å²) in [5, 5.41) is 2.54. The van der Waals surface area contributed by atoms with Crippen molar-refractivity contribution in [1.29, 1.82) is 0 Å². The van der Waals surface area contributed by atoms with Crippen molar-refractivity contribution in [2.45, 2.75) is 38.5 Å². The van der Waals surface area contributed by atoms with Crippen LogP contribution in [0.5, 0.6) is 0 Å². The lowest BCUT2D eigenvalue weighted by Gasteiger charge is -2.29. The fraction of sp³-hybridized carbons (Fsp3) is 0.103. The lowest BCUT2D eigenvalue weighted by atomic mass is 9.81. The van der Waals surface area contributed by atoms with Gasteiger partial charge in [0.1, 0.15) is 0 Å². The third-order valence-electron chi connectivity index (χ3n) is 13.3. The van der Waals surface area contributed by atoms with Gasteiger partial charge in [0.2, 0.25) is 0 Å². The van der Waals surface area contributed by atoms with E-state index in [2.05, 4.69) is 233 Å². The van der Waals surface area contributed by atoms with Crippen LogP contribution in [0.2, 0.25) is 0 Å². The molecule has 0 amide bonds. The van der Waals surface area contributed by atoms with Crippen molar-refractivity contribution in [3.63, 3.8) is 0 Å². The van der Waals surface area contributed by atoms with Crippen LogP contribution >= 0.6 is 0 Å². The second kappa shape index (κ2) is 13.3. The van der Waals surface area contributed by atoms with Gasteiger partial charge < -0.3 is 4.90 Å². The summed E-state index contributed by atoms with van der Waals surface area (Å²) in [4.78, 5) is 2.44. The third kappa shape index (κ3) is 5.68. The first-order valence-corrected chi connectivity index (χ1v) is 20.8. The van der Waals surface area contributed by atoms with Crippen molar-refractivity contribution in [3.05, 3.63) is 222 Å². The minimum Gasteiger partial charge on any atom is -0.310 e. The summed E-state index contributed by atoms with van der Waals surface area (Å²) in [7, 11) is 0. The molecule has 9 aromatic carbocycles. The molecule has 0 radical (unpaired) electrons. The third-order valence-corrected chi connectivity index (χ3v) is 13.3. The first kappa shape index (κ1) is 35.2. The molecule has 0 aromatic heterocycles. The average Bonchev–Trinajstić information content (AvgIpc) is 3.65. The topological polar surface area (TPSA) is 3.24 Å². The van der Waals surface area contributed by atoms with Gasteiger partial charge >= 0.3 is 0 Å². The molecule has 0 aliphatic heterocycles. The summed E-state index contributed by atoms with van der Waals surface area (Å²) in [5.41, 5.74) is 21.4. The highest BCUT2D eigenvalue weighted by molar-refractivity contribution is 5.91. The van der Waals surface area contributed by atoms with Gasteiger partial charge in [0.05, 0.1) is 0 Å². The molecule has 2 aliphatic rings. The number of para-hydroxylation sites is 1. The predicted molar refractivity (Wildman–Crippen MR) is 250 cm³/mol. The minimum absolute atomic E-state index is 0.149. The fourth-order valence-corrected chi connectivity index (χ4v) is 9.97. The Balaban J connectivity index is 0.940. The highest BCUT2D eigenvalue weighted by Crippen LogP contribution is 2.54. The van der Waals surface area contributed by atoms with Gasteiger partial charge in [0, 0.05) is 27.9 Å². The van der Waals surface area contributed by atoms with Gasteiger partial charge in [0.25, 0.3) is 0 Å². The molecule has 0 bridgehead atoms. The van der Waals surface area contributed by atoms with Crippen molar-refractivity contribution in [1.82, 2.24) is 0 Å². The van der Waals surface area contributed by atoms with Gasteiger partial charge in [0.15, 0.2) is 0 Å². The van der Waals surface area contributed by atoms with E-state index in [1.165, 1.54) is 100 Å². The zero-order valence-electron chi connectivity index (χ0n) is 34.0. The first-order chi connectivity index (χ1) is 28.7. The van der Waals surface area contributed by atoms with Gasteiger partial charge in [-0.25, -0.2) is 0 Å². The Kier molecular flexibility index (Phi) is 7.94. The Labute approximate surface area is 347 Å². The summed E-state index contributed by atoms with van der Waals surface area (Å²) < 4.78 is 0. The molecule has 0 saturated carbocycles. The van der Waals surface area contributed by atoms with E-state index in [1.807, 2.05) is 0 Å². The van der Waals surface area contributed by atoms with Crippen LogP contribution in [-0.4, -0.2) is 0 Å². The molecule has 59 heavy (non-hydrogen) atoms. The molecule has 9 aromatic rings. The molecule has 2 aliphatic carbocycles. The molecular weight excluding hydrogens is 711 g/mol. The maximum atomic E-state index is 2.44. The van der Waals surface area contributed by atoms with Crippen molar-refractivity contribution in [3.8, 4) is 55.6 Å². The molecule has 282 valence electrons. The van der Waals surface area contributed by atoms with Crippen LogP contribution in [-0.2, 0) is 10.8 Å². The summed E-state index contributed by atoms with van der Waals surface area (Å²) in [6.45, 7) is 9.54. The standard InChI is InChI=1S/C58H45N/c1-57(2)53-34-44(38-13-7-5-8-14-38)25-29-49(53)51-31-27-47(36-55(51)57)59(46-17-9-6-10-18-46)48-28-32-52-50-30-26-45(35-54(50)58(3,4)56(52)37-48)41-21-19-40(20-22-41)43-24-23-39-15-11-12-16-42(39)33-43/h5-37H,1-4H3. The monoisotopic (exact) mass is 755 g/mol. The number of anilines is 3. The Morgan fingerprint density at radius 1 is 0.271 bits per heavy atom. The van der Waals surface area contributed by atoms with Crippen LogP contribution in [0.25, 0.3) is 66.4 Å². The molecular formula is C58H45N. The highest BCUT2D eigenvalue weighted by Gasteiger charge is 2.38. The second-order valence-electron chi connectivity index (χ2n) is 17.4. The molecule has 0 N–H and O–H groups in total. The maximum Gasteiger partial charge on any atom is 0.0465 e. The van der Waals surface area contributed by atoms with Crippen LogP contribution in [0.3, 0.4) is 0 Å². The summed E-state index contributed by atoms with van der Waals surface area (Å²) >= 11 is 0. The molecule has 1 heteroatoms. The maximum absolute atomic E-state index is 2.44. The predicted octanol–water partition coefficient (Wildman–Crippen LogP) is 15.9. The average molecular weight is 756 g/mol. The molecule has 0 heterocycles. The van der Waals surface area contributed by atoms with E-state index < -0.39 is 0 Å². The smallest absolute Gasteiger partial charge is 0.0465 e. The number of nitrogens with zero attached hydrogens (tertiary/aromatic N) is 1. The van der Waals surface area contributed by atoms with Crippen LogP contribution in [0, 0.1) is 0 Å². The van der Waals surface area contributed by atoms with E-state index >= 15 is 0 Å². The second-order valence-corrected chi connectivity index (χ2v) is 17.4. The van der Waals surface area contributed by atoms with E-state index in [4.69, 9.17) is 0 Å². The Bertz CT molecular complexity index is 3080. The van der Waals surface area contributed by atoms with Crippen molar-refractivity contribution >= 4 is 27.8 Å². The number of fused-ring (bicyclic) bond motifs is 7. The SMILES string of the molecule is CC1(C)c2cc(-c3ccccc3)ccc2-c2ccc(N(c3ccccc3)c3ccc4c(c3)C(C)(C)c3cc(-c5ccc(-c6ccc7ccccc7c6)cc5)ccc3-4)cc21. The molecule has 0 saturated heterocycles.